The third kappa shape index (κ3) is 52.8. The minimum Gasteiger partial charge on any atom is -0.502 e. The summed E-state index contributed by atoms with van der Waals surface area (Å²) < 4.78 is 0. The fraction of sp³-hybridized carbons (Fsp3) is 0.750. The van der Waals surface area contributed by atoms with Gasteiger partial charge >= 0.3 is 0 Å². The van der Waals surface area contributed by atoms with Crippen LogP contribution in [-0.4, -0.2) is 20.3 Å². The summed E-state index contributed by atoms with van der Waals surface area (Å²) in [5.41, 5.74) is 0. The summed E-state index contributed by atoms with van der Waals surface area (Å²) in [5, 5.41) is 16.4. The zero-order chi connectivity index (χ0) is 10.6. The maximum atomic E-state index is 8.09. The monoisotopic (exact) mass is 210 g/mol. The first kappa shape index (κ1) is 17.8. The lowest BCUT2D eigenvalue weighted by Gasteiger charge is -1.76. The molecule has 0 aromatic carbocycles. The lowest BCUT2D eigenvalue weighted by Crippen LogP contribution is -1.82. The zero-order valence-electron chi connectivity index (χ0n) is 8.13. The van der Waals surface area contributed by atoms with Crippen molar-refractivity contribution in [2.24, 2.45) is 0 Å². The highest BCUT2D eigenvalue weighted by Gasteiger charge is 1.74. The van der Waals surface area contributed by atoms with Crippen LogP contribution >= 0.6 is 24.4 Å². The third-order valence-corrected chi connectivity index (χ3v) is 1.18. The highest BCUT2D eigenvalue weighted by atomic mass is 32.1. The zero-order valence-corrected chi connectivity index (χ0v) is 9.76. The number of hydrogen-bond donors (Lipinski definition) is 2. The van der Waals surface area contributed by atoms with E-state index in [1.54, 1.807) is 0 Å². The Labute approximate surface area is 85.6 Å². The van der Waals surface area contributed by atoms with Crippen LogP contribution in [0.15, 0.2) is 0 Å². The van der Waals surface area contributed by atoms with E-state index in [4.69, 9.17) is 10.2 Å². The Kier molecular flexibility index (Phi) is 25.2. The molecule has 0 aliphatic heterocycles. The number of aliphatic hydroxyl groups excluding tert-OH is 2. The van der Waals surface area contributed by atoms with Gasteiger partial charge in [-0.1, -0.05) is 27.7 Å². The van der Waals surface area contributed by atoms with Crippen molar-refractivity contribution in [1.29, 1.82) is 0 Å². The van der Waals surface area contributed by atoms with Gasteiger partial charge in [-0.3, -0.25) is 0 Å². The Morgan fingerprint density at radius 3 is 1.00 bits per heavy atom. The molecule has 74 valence electrons. The van der Waals surface area contributed by atoms with Gasteiger partial charge in [-0.15, -0.1) is 0 Å². The standard InChI is InChI=1S/2C3H6OS.C2H6/c2*1-2-3(4)5;1-2/h2*2H2,1H3,(H,4,5);1-2H3. The molecule has 0 radical (unpaired) electrons. The van der Waals surface area contributed by atoms with E-state index in [0.717, 1.165) is 0 Å². The van der Waals surface area contributed by atoms with E-state index in [-0.39, 0.29) is 10.1 Å². The largest absolute Gasteiger partial charge is 0.502 e. The topological polar surface area (TPSA) is 40.5 Å². The van der Waals surface area contributed by atoms with Crippen LogP contribution in [0.2, 0.25) is 0 Å². The van der Waals surface area contributed by atoms with Crippen molar-refractivity contribution in [3.63, 3.8) is 0 Å². The molecule has 0 saturated heterocycles. The van der Waals surface area contributed by atoms with Gasteiger partial charge in [0, 0.05) is 12.8 Å². The van der Waals surface area contributed by atoms with E-state index in [1.807, 2.05) is 27.7 Å². The number of aliphatic hydroxyl groups is 2. The van der Waals surface area contributed by atoms with Crippen LogP contribution in [0.3, 0.4) is 0 Å². The maximum Gasteiger partial charge on any atom is 0.156 e. The molecule has 12 heavy (non-hydrogen) atoms. The first-order valence-corrected chi connectivity index (χ1v) is 4.79. The van der Waals surface area contributed by atoms with Gasteiger partial charge < -0.3 is 10.2 Å². The molecule has 0 unspecified atom stereocenters. The predicted molar refractivity (Wildman–Crippen MR) is 62.4 cm³/mol. The van der Waals surface area contributed by atoms with Gasteiger partial charge in [0.15, 0.2) is 10.1 Å². The second-order valence-corrected chi connectivity index (χ2v) is 2.44. The molecular weight excluding hydrogens is 192 g/mol. The fourth-order valence-corrected chi connectivity index (χ4v) is 0. The highest BCUT2D eigenvalue weighted by molar-refractivity contribution is 7.80. The molecule has 0 rings (SSSR count). The molecule has 0 aliphatic carbocycles. The summed E-state index contributed by atoms with van der Waals surface area (Å²) in [7, 11) is 0. The van der Waals surface area contributed by atoms with Gasteiger partial charge in [-0.25, -0.2) is 0 Å². The minimum absolute atomic E-state index is 0.0880. The van der Waals surface area contributed by atoms with E-state index >= 15 is 0 Å². The molecule has 0 aromatic rings. The normalized spacial score (nSPS) is 6.67. The smallest absolute Gasteiger partial charge is 0.156 e. The average molecular weight is 210 g/mol. The number of rotatable bonds is 2. The summed E-state index contributed by atoms with van der Waals surface area (Å²) in [4.78, 5) is 0. The Hall–Kier alpha value is -0.220. The second kappa shape index (κ2) is 17.0. The van der Waals surface area contributed by atoms with Gasteiger partial charge in [-0.2, -0.15) is 0 Å². The Balaban J connectivity index is -0.000000112. The Morgan fingerprint density at radius 2 is 1.00 bits per heavy atom. The maximum absolute atomic E-state index is 8.09. The van der Waals surface area contributed by atoms with Gasteiger partial charge in [0.05, 0.1) is 0 Å². The molecule has 2 nitrogen and oxygen atoms in total. The highest BCUT2D eigenvalue weighted by Crippen LogP contribution is 1.74. The van der Waals surface area contributed by atoms with Crippen molar-refractivity contribution < 1.29 is 10.2 Å². The first-order chi connectivity index (χ1) is 5.54. The van der Waals surface area contributed by atoms with Crippen molar-refractivity contribution in [3.05, 3.63) is 0 Å². The second-order valence-electron chi connectivity index (χ2n) is 1.49. The number of thiocarbonyl (C=S) groups is 2. The summed E-state index contributed by atoms with van der Waals surface area (Å²) in [6.45, 7) is 7.62. The van der Waals surface area contributed by atoms with Crippen LogP contribution in [0, 0.1) is 0 Å². The molecule has 0 fully saturated rings. The van der Waals surface area contributed by atoms with Crippen molar-refractivity contribution in [2.75, 3.05) is 0 Å². The Morgan fingerprint density at radius 1 is 0.917 bits per heavy atom. The minimum atomic E-state index is 0.0880. The molecular formula is C8H18O2S2. The fourth-order valence-electron chi connectivity index (χ4n) is 0. The molecule has 0 spiro atoms. The van der Waals surface area contributed by atoms with Crippen molar-refractivity contribution in [3.8, 4) is 0 Å². The van der Waals surface area contributed by atoms with E-state index < -0.39 is 0 Å². The molecule has 0 amide bonds. The van der Waals surface area contributed by atoms with E-state index in [0.29, 0.717) is 12.8 Å². The first-order valence-electron chi connectivity index (χ1n) is 3.98. The molecule has 4 heteroatoms. The molecule has 0 aliphatic rings. The van der Waals surface area contributed by atoms with Crippen LogP contribution in [0.25, 0.3) is 0 Å². The Bertz CT molecular complexity index is 99.6. The van der Waals surface area contributed by atoms with Crippen LogP contribution in [-0.2, 0) is 0 Å². The van der Waals surface area contributed by atoms with Gasteiger partial charge in [0.25, 0.3) is 0 Å². The summed E-state index contributed by atoms with van der Waals surface area (Å²) in [6.07, 6.45) is 1.19. The quantitative estimate of drug-likeness (QED) is 0.683. The van der Waals surface area contributed by atoms with Crippen LogP contribution in [0.5, 0.6) is 0 Å². The molecule has 0 atom stereocenters. The van der Waals surface area contributed by atoms with Crippen LogP contribution in [0.1, 0.15) is 40.5 Å². The molecule has 0 heterocycles. The van der Waals surface area contributed by atoms with Crippen molar-refractivity contribution in [1.82, 2.24) is 0 Å². The van der Waals surface area contributed by atoms with E-state index in [2.05, 4.69) is 24.4 Å². The van der Waals surface area contributed by atoms with Crippen LogP contribution in [0.4, 0.5) is 0 Å². The van der Waals surface area contributed by atoms with Gasteiger partial charge in [-0.05, 0) is 24.4 Å². The van der Waals surface area contributed by atoms with Crippen LogP contribution < -0.4 is 0 Å². The van der Waals surface area contributed by atoms with E-state index in [9.17, 15) is 0 Å². The lowest BCUT2D eigenvalue weighted by atomic mass is 10.5. The predicted octanol–water partition coefficient (Wildman–Crippen LogP) is 3.59. The molecule has 2 N–H and O–H groups in total. The average Bonchev–Trinajstić information content (AvgIpc) is 2.09. The molecule has 0 saturated carbocycles. The SMILES string of the molecule is CC.CCC(O)=S.CCC(O)=S. The number of hydrogen-bond acceptors (Lipinski definition) is 2. The summed E-state index contributed by atoms with van der Waals surface area (Å²) in [6, 6.07) is 0. The van der Waals surface area contributed by atoms with Gasteiger partial charge in [0.2, 0.25) is 0 Å². The van der Waals surface area contributed by atoms with E-state index in [1.165, 1.54) is 0 Å². The van der Waals surface area contributed by atoms with Crippen molar-refractivity contribution >= 4 is 34.5 Å². The third-order valence-electron chi connectivity index (χ3n) is 0.605. The van der Waals surface area contributed by atoms with Crippen molar-refractivity contribution in [2.45, 2.75) is 40.5 Å². The summed E-state index contributed by atoms with van der Waals surface area (Å²) in [5.74, 6) is 0. The summed E-state index contributed by atoms with van der Waals surface area (Å²) >= 11 is 8.50. The molecule has 0 bridgehead atoms. The van der Waals surface area contributed by atoms with Gasteiger partial charge in [0.1, 0.15) is 0 Å². The molecule has 0 aromatic heterocycles. The lowest BCUT2D eigenvalue weighted by molar-refractivity contribution is 0.552.